The van der Waals surface area contributed by atoms with Crippen molar-refractivity contribution in [1.29, 1.82) is 0 Å². The van der Waals surface area contributed by atoms with E-state index in [4.69, 9.17) is 0 Å². The molecule has 2 fully saturated rings. The second-order valence-corrected chi connectivity index (χ2v) is 8.05. The molecule has 0 heterocycles. The first-order chi connectivity index (χ1) is 8.91. The van der Waals surface area contributed by atoms with Crippen molar-refractivity contribution >= 4 is 0 Å². The third-order valence-electron chi connectivity index (χ3n) is 5.28. The van der Waals surface area contributed by atoms with Crippen LogP contribution in [-0.4, -0.2) is 37.1 Å². The molecule has 19 heavy (non-hydrogen) atoms. The normalized spacial score (nSPS) is 31.1. The Morgan fingerprint density at radius 3 is 2.37 bits per heavy atom. The van der Waals surface area contributed by atoms with Crippen LogP contribution in [0.15, 0.2) is 0 Å². The molecule has 0 radical (unpaired) electrons. The van der Waals surface area contributed by atoms with Gasteiger partial charge in [0.05, 0.1) is 0 Å². The highest BCUT2D eigenvalue weighted by Gasteiger charge is 2.36. The smallest absolute Gasteiger partial charge is 0.0105 e. The summed E-state index contributed by atoms with van der Waals surface area (Å²) in [6.07, 6.45) is 7.04. The maximum Gasteiger partial charge on any atom is 0.0105 e. The predicted molar refractivity (Wildman–Crippen MR) is 83.4 cm³/mol. The van der Waals surface area contributed by atoms with Crippen molar-refractivity contribution in [3.63, 3.8) is 0 Å². The molecular weight excluding hydrogens is 232 g/mol. The molecule has 112 valence electrons. The van der Waals surface area contributed by atoms with Gasteiger partial charge in [0.25, 0.3) is 0 Å². The highest BCUT2D eigenvalue weighted by molar-refractivity contribution is 4.91. The van der Waals surface area contributed by atoms with E-state index < -0.39 is 0 Å². The van der Waals surface area contributed by atoms with Crippen LogP contribution in [-0.2, 0) is 0 Å². The number of nitrogens with zero attached hydrogens (tertiary/aromatic N) is 1. The first-order valence-electron chi connectivity index (χ1n) is 8.32. The predicted octanol–water partition coefficient (Wildman–Crippen LogP) is 3.52. The molecule has 0 aliphatic heterocycles. The highest BCUT2D eigenvalue weighted by atomic mass is 15.2. The van der Waals surface area contributed by atoms with Crippen LogP contribution >= 0.6 is 0 Å². The van der Waals surface area contributed by atoms with Gasteiger partial charge in [-0.05, 0) is 70.3 Å². The lowest BCUT2D eigenvalue weighted by Crippen LogP contribution is -2.48. The summed E-state index contributed by atoms with van der Waals surface area (Å²) in [7, 11) is 2.15. The molecule has 0 aromatic heterocycles. The topological polar surface area (TPSA) is 15.3 Å². The van der Waals surface area contributed by atoms with E-state index >= 15 is 0 Å². The quantitative estimate of drug-likeness (QED) is 0.791. The fraction of sp³-hybridized carbons (Fsp3) is 1.00. The van der Waals surface area contributed by atoms with E-state index in [-0.39, 0.29) is 0 Å². The number of nitrogens with one attached hydrogen (secondary N) is 1. The fourth-order valence-corrected chi connectivity index (χ4v) is 3.74. The van der Waals surface area contributed by atoms with Crippen LogP contribution in [0.5, 0.6) is 0 Å². The first kappa shape index (κ1) is 15.3. The zero-order chi connectivity index (χ0) is 14.0. The first-order valence-corrected chi connectivity index (χ1v) is 8.32. The van der Waals surface area contributed by atoms with Crippen LogP contribution in [0.25, 0.3) is 0 Å². The number of hydrogen-bond donors (Lipinski definition) is 1. The molecule has 2 heteroatoms. The fourth-order valence-electron chi connectivity index (χ4n) is 3.74. The molecule has 2 aliphatic carbocycles. The van der Waals surface area contributed by atoms with E-state index in [1.807, 2.05) is 0 Å². The molecule has 0 aromatic rings. The third-order valence-corrected chi connectivity index (χ3v) is 5.28. The summed E-state index contributed by atoms with van der Waals surface area (Å²) >= 11 is 0. The van der Waals surface area contributed by atoms with Gasteiger partial charge in [0, 0.05) is 25.2 Å². The van der Waals surface area contributed by atoms with Crippen LogP contribution in [0, 0.1) is 17.3 Å². The van der Waals surface area contributed by atoms with Crippen molar-refractivity contribution in [3.05, 3.63) is 0 Å². The summed E-state index contributed by atoms with van der Waals surface area (Å²) in [5.74, 6) is 1.84. The standard InChI is InChI=1S/C17H34N2/c1-13(2)19(11-14-6-7-14)12-15-10-17(3,4)9-8-16(15)18-5/h13-16,18H,6-12H2,1-5H3. The van der Waals surface area contributed by atoms with E-state index in [9.17, 15) is 0 Å². The summed E-state index contributed by atoms with van der Waals surface area (Å²) in [6.45, 7) is 12.3. The van der Waals surface area contributed by atoms with Gasteiger partial charge in [0.1, 0.15) is 0 Å². The summed E-state index contributed by atoms with van der Waals surface area (Å²) in [5, 5.41) is 3.58. The van der Waals surface area contributed by atoms with Crippen molar-refractivity contribution in [2.45, 2.75) is 71.9 Å². The van der Waals surface area contributed by atoms with E-state index in [1.54, 1.807) is 0 Å². The van der Waals surface area contributed by atoms with Crippen LogP contribution < -0.4 is 5.32 Å². The highest BCUT2D eigenvalue weighted by Crippen LogP contribution is 2.39. The molecule has 2 aliphatic rings. The van der Waals surface area contributed by atoms with Gasteiger partial charge in [0.15, 0.2) is 0 Å². The Morgan fingerprint density at radius 1 is 1.16 bits per heavy atom. The lowest BCUT2D eigenvalue weighted by atomic mass is 9.69. The summed E-state index contributed by atoms with van der Waals surface area (Å²) < 4.78 is 0. The van der Waals surface area contributed by atoms with Gasteiger partial charge in [-0.1, -0.05) is 13.8 Å². The van der Waals surface area contributed by atoms with Crippen molar-refractivity contribution in [2.24, 2.45) is 17.3 Å². The van der Waals surface area contributed by atoms with Gasteiger partial charge in [-0.15, -0.1) is 0 Å². The van der Waals surface area contributed by atoms with Gasteiger partial charge in [-0.3, -0.25) is 0 Å². The van der Waals surface area contributed by atoms with Gasteiger partial charge >= 0.3 is 0 Å². The number of rotatable bonds is 6. The molecule has 0 aromatic carbocycles. The lowest BCUT2D eigenvalue weighted by molar-refractivity contribution is 0.0879. The van der Waals surface area contributed by atoms with Crippen molar-refractivity contribution in [2.75, 3.05) is 20.1 Å². The monoisotopic (exact) mass is 266 g/mol. The molecule has 2 unspecified atom stereocenters. The molecular formula is C17H34N2. The van der Waals surface area contributed by atoms with Crippen LogP contribution in [0.2, 0.25) is 0 Å². The molecule has 2 saturated carbocycles. The van der Waals surface area contributed by atoms with E-state index in [0.29, 0.717) is 11.5 Å². The Bertz CT molecular complexity index is 281. The SMILES string of the molecule is CNC1CCC(C)(C)CC1CN(CC1CC1)C(C)C. The lowest BCUT2D eigenvalue weighted by Gasteiger charge is -2.43. The molecule has 2 rings (SSSR count). The Labute approximate surface area is 120 Å². The molecule has 0 amide bonds. The van der Waals surface area contributed by atoms with Gasteiger partial charge in [-0.2, -0.15) is 0 Å². The third kappa shape index (κ3) is 4.46. The Morgan fingerprint density at radius 2 is 1.84 bits per heavy atom. The zero-order valence-corrected chi connectivity index (χ0v) is 13.7. The average molecular weight is 266 g/mol. The van der Waals surface area contributed by atoms with Gasteiger partial charge in [0.2, 0.25) is 0 Å². The maximum atomic E-state index is 3.58. The van der Waals surface area contributed by atoms with E-state index in [1.165, 1.54) is 45.2 Å². The Kier molecular flexibility index (Phi) is 4.94. The number of hydrogen-bond acceptors (Lipinski definition) is 2. The minimum absolute atomic E-state index is 0.542. The van der Waals surface area contributed by atoms with Crippen molar-refractivity contribution in [1.82, 2.24) is 10.2 Å². The molecule has 2 nitrogen and oxygen atoms in total. The van der Waals surface area contributed by atoms with Gasteiger partial charge < -0.3 is 10.2 Å². The Hall–Kier alpha value is -0.0800. The summed E-state index contributed by atoms with van der Waals surface area (Å²) in [5.41, 5.74) is 0.542. The van der Waals surface area contributed by atoms with Crippen molar-refractivity contribution < 1.29 is 0 Å². The second-order valence-electron chi connectivity index (χ2n) is 8.05. The minimum Gasteiger partial charge on any atom is -0.317 e. The largest absolute Gasteiger partial charge is 0.317 e. The van der Waals surface area contributed by atoms with Crippen LogP contribution in [0.1, 0.15) is 59.8 Å². The molecule has 0 spiro atoms. The van der Waals surface area contributed by atoms with Crippen molar-refractivity contribution in [3.8, 4) is 0 Å². The molecule has 1 N–H and O–H groups in total. The molecule has 0 bridgehead atoms. The Balaban J connectivity index is 1.95. The second kappa shape index (κ2) is 6.13. The van der Waals surface area contributed by atoms with E-state index in [0.717, 1.165) is 17.9 Å². The van der Waals surface area contributed by atoms with E-state index in [2.05, 4.69) is 45.0 Å². The minimum atomic E-state index is 0.542. The van der Waals surface area contributed by atoms with Crippen LogP contribution in [0.4, 0.5) is 0 Å². The molecule has 0 saturated heterocycles. The average Bonchev–Trinajstić information content (AvgIpc) is 3.11. The summed E-state index contributed by atoms with van der Waals surface area (Å²) in [4.78, 5) is 2.74. The van der Waals surface area contributed by atoms with Gasteiger partial charge in [-0.25, -0.2) is 0 Å². The van der Waals surface area contributed by atoms with Crippen LogP contribution in [0.3, 0.4) is 0 Å². The zero-order valence-electron chi connectivity index (χ0n) is 13.7. The summed E-state index contributed by atoms with van der Waals surface area (Å²) in [6, 6.07) is 1.43. The maximum absolute atomic E-state index is 3.58. The molecule has 2 atom stereocenters.